The zero-order valence-electron chi connectivity index (χ0n) is 9.87. The van der Waals surface area contributed by atoms with Gasteiger partial charge in [-0.2, -0.15) is 4.68 Å². The summed E-state index contributed by atoms with van der Waals surface area (Å²) in [5.74, 6) is -1.17. The van der Waals surface area contributed by atoms with Gasteiger partial charge < -0.3 is 19.6 Å². The molecule has 1 aromatic heterocycles. The zero-order chi connectivity index (χ0) is 14.4. The summed E-state index contributed by atoms with van der Waals surface area (Å²) >= 11 is 0. The van der Waals surface area contributed by atoms with E-state index in [-0.39, 0.29) is 18.8 Å². The molecular weight excluding hydrogens is 276 g/mol. The molecule has 0 N–H and O–H groups in total. The molecule has 2 aliphatic rings. The van der Waals surface area contributed by atoms with Crippen molar-refractivity contribution < 1.29 is 24.1 Å². The minimum absolute atomic E-state index is 0.00528. The molecule has 106 valence electrons. The second kappa shape index (κ2) is 4.31. The summed E-state index contributed by atoms with van der Waals surface area (Å²) in [6, 6.07) is -0.645. The van der Waals surface area contributed by atoms with Crippen LogP contribution >= 0.6 is 0 Å². The molecular formula is C9H8N4O7. The maximum atomic E-state index is 11.6. The van der Waals surface area contributed by atoms with E-state index in [4.69, 9.17) is 9.47 Å². The molecule has 0 saturated carbocycles. The van der Waals surface area contributed by atoms with Gasteiger partial charge in [0.15, 0.2) is 5.78 Å². The number of hydrogen-bond acceptors (Lipinski definition) is 8. The van der Waals surface area contributed by atoms with E-state index < -0.39 is 39.8 Å². The number of carbonyl (C=O) groups is 1. The number of Topliss-reactive ketones (excluding diaryl/α,β-unsaturated/α-hetero) is 1. The zero-order valence-corrected chi connectivity index (χ0v) is 9.87. The van der Waals surface area contributed by atoms with Crippen molar-refractivity contribution in [2.24, 2.45) is 0 Å². The molecule has 2 aliphatic heterocycles. The normalized spacial score (nSPS) is 28.6. The molecule has 1 aromatic rings. The molecule has 0 amide bonds. The van der Waals surface area contributed by atoms with E-state index in [2.05, 4.69) is 5.10 Å². The minimum atomic E-state index is -0.936. The number of carbonyl (C=O) groups excluding carboxylic acids is 1. The molecule has 3 rings (SSSR count). The van der Waals surface area contributed by atoms with Crippen LogP contribution in [0, 0.1) is 20.2 Å². The molecule has 0 radical (unpaired) electrons. The average Bonchev–Trinajstić information content (AvgIpc) is 3.00. The van der Waals surface area contributed by atoms with Crippen LogP contribution in [0.2, 0.25) is 0 Å². The summed E-state index contributed by atoms with van der Waals surface area (Å²) in [4.78, 5) is 31.3. The van der Waals surface area contributed by atoms with Gasteiger partial charge in [0.25, 0.3) is 0 Å². The first-order valence-corrected chi connectivity index (χ1v) is 5.65. The van der Waals surface area contributed by atoms with Crippen molar-refractivity contribution >= 4 is 17.3 Å². The van der Waals surface area contributed by atoms with E-state index >= 15 is 0 Å². The molecule has 0 unspecified atom stereocenters. The number of fused-ring (bicyclic) bond motifs is 2. The molecule has 20 heavy (non-hydrogen) atoms. The molecule has 0 aromatic carbocycles. The lowest BCUT2D eigenvalue weighted by molar-refractivity contribution is -0.424. The highest BCUT2D eigenvalue weighted by atomic mass is 16.7. The fourth-order valence-electron chi connectivity index (χ4n) is 2.29. The van der Waals surface area contributed by atoms with Gasteiger partial charge in [-0.3, -0.25) is 14.9 Å². The first-order chi connectivity index (χ1) is 9.47. The number of nitro groups is 2. The monoisotopic (exact) mass is 284 g/mol. The average molecular weight is 284 g/mol. The van der Waals surface area contributed by atoms with Crippen molar-refractivity contribution in [2.75, 3.05) is 6.61 Å². The van der Waals surface area contributed by atoms with Crippen LogP contribution in [0.25, 0.3) is 0 Å². The number of aromatic nitrogens is 2. The number of rotatable bonds is 3. The first-order valence-electron chi connectivity index (χ1n) is 5.65. The number of ether oxygens (including phenoxy) is 2. The van der Waals surface area contributed by atoms with E-state index in [0.717, 1.165) is 10.9 Å². The molecule has 2 bridgehead atoms. The Bertz CT molecular complexity index is 580. The summed E-state index contributed by atoms with van der Waals surface area (Å²) in [5.41, 5.74) is -0.719. The summed E-state index contributed by atoms with van der Waals surface area (Å²) in [7, 11) is 0. The second-order valence-electron chi connectivity index (χ2n) is 4.41. The third-order valence-electron chi connectivity index (χ3n) is 3.22. The Balaban J connectivity index is 1.98. The van der Waals surface area contributed by atoms with E-state index in [1.165, 1.54) is 0 Å². The Morgan fingerprint density at radius 2 is 2.10 bits per heavy atom. The van der Waals surface area contributed by atoms with Gasteiger partial charge in [0.2, 0.25) is 6.29 Å². The van der Waals surface area contributed by atoms with E-state index in [0.29, 0.717) is 0 Å². The molecule has 2 saturated heterocycles. The van der Waals surface area contributed by atoms with Gasteiger partial charge in [0.05, 0.1) is 16.6 Å². The van der Waals surface area contributed by atoms with Crippen LogP contribution in [-0.2, 0) is 14.3 Å². The van der Waals surface area contributed by atoms with Gasteiger partial charge >= 0.3 is 11.5 Å². The molecule has 0 spiro atoms. The Labute approximate surface area is 110 Å². The highest BCUT2D eigenvalue weighted by Crippen LogP contribution is 2.35. The lowest BCUT2D eigenvalue weighted by atomic mass is 10.0. The smallest absolute Gasteiger partial charge is 0.358 e. The Morgan fingerprint density at radius 1 is 1.35 bits per heavy atom. The molecule has 0 aliphatic carbocycles. The fourth-order valence-corrected chi connectivity index (χ4v) is 2.29. The SMILES string of the molecule is O=C1C[C@@H](n2cc([N+](=O)[O-])c([N+](=O)[O-])n2)[C@@H]2CO[C@@H]1O2. The Morgan fingerprint density at radius 3 is 2.70 bits per heavy atom. The lowest BCUT2D eigenvalue weighted by Crippen LogP contribution is -2.37. The van der Waals surface area contributed by atoms with E-state index in [1.807, 2.05) is 0 Å². The van der Waals surface area contributed by atoms with Crippen LogP contribution in [0.3, 0.4) is 0 Å². The maximum Gasteiger partial charge on any atom is 0.467 e. The number of nitrogens with zero attached hydrogens (tertiary/aromatic N) is 4. The summed E-state index contributed by atoms with van der Waals surface area (Å²) < 4.78 is 11.4. The third-order valence-corrected chi connectivity index (χ3v) is 3.22. The minimum Gasteiger partial charge on any atom is -0.358 e. The van der Waals surface area contributed by atoms with Gasteiger partial charge in [-0.15, -0.1) is 0 Å². The third kappa shape index (κ3) is 1.83. The standard InChI is InChI=1S/C9H8N4O7/c14-6-1-4(7-3-19-9(6)20-7)11-2-5(12(15)16)8(10-11)13(17)18/h2,4,7,9H,1,3H2/t4-,7+,9-/m1/s1. The highest BCUT2D eigenvalue weighted by molar-refractivity contribution is 5.83. The molecule has 3 heterocycles. The summed E-state index contributed by atoms with van der Waals surface area (Å²) in [5, 5.41) is 25.1. The van der Waals surface area contributed by atoms with Crippen molar-refractivity contribution in [3.05, 3.63) is 26.4 Å². The molecule has 11 nitrogen and oxygen atoms in total. The van der Waals surface area contributed by atoms with Crippen LogP contribution in [-0.4, -0.2) is 44.4 Å². The van der Waals surface area contributed by atoms with Gasteiger partial charge in [0.1, 0.15) is 18.3 Å². The quantitative estimate of drug-likeness (QED) is 0.556. The molecule has 11 heteroatoms. The summed E-state index contributed by atoms with van der Waals surface area (Å²) in [6.45, 7) is 0.141. The van der Waals surface area contributed by atoms with Crippen molar-refractivity contribution in [3.63, 3.8) is 0 Å². The first kappa shape index (κ1) is 12.6. The predicted octanol–water partition coefficient (Wildman–Crippen LogP) is -0.0451. The molecule has 2 fully saturated rings. The van der Waals surface area contributed by atoms with Crippen molar-refractivity contribution in [2.45, 2.75) is 24.9 Å². The lowest BCUT2D eigenvalue weighted by Gasteiger charge is -2.24. The fraction of sp³-hybridized carbons (Fsp3) is 0.556. The number of ketones is 1. The predicted molar refractivity (Wildman–Crippen MR) is 58.8 cm³/mol. The Kier molecular flexibility index (Phi) is 2.72. The van der Waals surface area contributed by atoms with E-state index in [1.54, 1.807) is 0 Å². The van der Waals surface area contributed by atoms with Crippen LogP contribution in [0.15, 0.2) is 6.20 Å². The van der Waals surface area contributed by atoms with Gasteiger partial charge in [-0.05, 0) is 4.92 Å². The van der Waals surface area contributed by atoms with Gasteiger partial charge in [-0.1, -0.05) is 0 Å². The van der Waals surface area contributed by atoms with Crippen molar-refractivity contribution in [1.82, 2.24) is 9.78 Å². The van der Waals surface area contributed by atoms with Crippen LogP contribution in [0.4, 0.5) is 11.5 Å². The topological polar surface area (TPSA) is 140 Å². The van der Waals surface area contributed by atoms with Gasteiger partial charge in [0, 0.05) is 6.42 Å². The second-order valence-corrected chi connectivity index (χ2v) is 4.41. The largest absolute Gasteiger partial charge is 0.467 e. The number of hydrogen-bond donors (Lipinski definition) is 0. The summed E-state index contributed by atoms with van der Waals surface area (Å²) in [6.07, 6.45) is -0.461. The van der Waals surface area contributed by atoms with Crippen LogP contribution < -0.4 is 0 Å². The van der Waals surface area contributed by atoms with Crippen LogP contribution in [0.1, 0.15) is 12.5 Å². The van der Waals surface area contributed by atoms with E-state index in [9.17, 15) is 25.0 Å². The van der Waals surface area contributed by atoms with Crippen molar-refractivity contribution in [3.8, 4) is 0 Å². The van der Waals surface area contributed by atoms with Gasteiger partial charge in [-0.25, -0.2) is 0 Å². The van der Waals surface area contributed by atoms with Crippen molar-refractivity contribution in [1.29, 1.82) is 0 Å². The molecule has 3 atom stereocenters. The maximum absolute atomic E-state index is 11.6. The Hall–Kier alpha value is -2.40. The highest BCUT2D eigenvalue weighted by Gasteiger charge is 2.47. The van der Waals surface area contributed by atoms with Crippen LogP contribution in [0.5, 0.6) is 0 Å².